The van der Waals surface area contributed by atoms with Gasteiger partial charge in [0.2, 0.25) is 23.8 Å². The minimum Gasteiger partial charge on any atom is -0.494 e. The highest BCUT2D eigenvalue weighted by atomic mass is 19.2. The van der Waals surface area contributed by atoms with Gasteiger partial charge in [0.15, 0.2) is 34.8 Å². The molecule has 8 aromatic rings. The molecule has 12 aliphatic rings. The van der Waals surface area contributed by atoms with Crippen LogP contribution in [0.15, 0.2) is 118 Å². The van der Waals surface area contributed by atoms with E-state index in [-0.39, 0.29) is 134 Å². The largest absolute Gasteiger partial charge is 0.494 e. The van der Waals surface area contributed by atoms with Gasteiger partial charge in [-0.1, -0.05) is 18.2 Å². The first-order chi connectivity index (χ1) is 59.4. The molecule has 8 N–H and O–H groups in total. The molecule has 656 valence electrons. The van der Waals surface area contributed by atoms with Crippen molar-refractivity contribution in [3.63, 3.8) is 0 Å². The number of nitrogens with two attached hydrogens (primary N) is 4. The van der Waals surface area contributed by atoms with Crippen molar-refractivity contribution in [3.05, 3.63) is 222 Å². The number of rotatable bonds is 9. The summed E-state index contributed by atoms with van der Waals surface area (Å²) >= 11 is 0. The number of ether oxygens (including phenoxy) is 5. The molecule has 4 spiro atoms. The van der Waals surface area contributed by atoms with Crippen molar-refractivity contribution >= 4 is 46.6 Å². The molecule has 0 bridgehead atoms. The van der Waals surface area contributed by atoms with Gasteiger partial charge < -0.3 is 66.2 Å². The summed E-state index contributed by atoms with van der Waals surface area (Å²) in [5.74, 6) is -2.12. The van der Waals surface area contributed by atoms with Crippen LogP contribution in [0.1, 0.15) is 146 Å². The Balaban J connectivity index is 0.000000117. The Labute approximate surface area is 711 Å². The maximum Gasteiger partial charge on any atom is 0.264 e. The van der Waals surface area contributed by atoms with Crippen LogP contribution < -0.4 is 69.5 Å². The lowest BCUT2D eigenvalue weighted by molar-refractivity contribution is 0.0972. The van der Waals surface area contributed by atoms with E-state index < -0.39 is 29.1 Å². The van der Waals surface area contributed by atoms with E-state index in [1.165, 1.54) is 52.6 Å². The predicted octanol–water partition coefficient (Wildman–Crippen LogP) is 6.70. The molecule has 0 unspecified atom stereocenters. The van der Waals surface area contributed by atoms with Gasteiger partial charge in [-0.2, -0.15) is 0 Å². The zero-order valence-electron chi connectivity index (χ0n) is 71.0. The van der Waals surface area contributed by atoms with E-state index in [1.807, 2.05) is 27.7 Å². The van der Waals surface area contributed by atoms with E-state index in [0.717, 1.165) is 122 Å². The second kappa shape index (κ2) is 33.4. The van der Waals surface area contributed by atoms with Crippen LogP contribution in [0.2, 0.25) is 0 Å². The van der Waals surface area contributed by atoms with E-state index in [9.17, 15) is 45.5 Å². The number of aromatic nitrogens is 8. The number of piperidine rings is 4. The Morgan fingerprint density at radius 3 is 0.984 bits per heavy atom. The van der Waals surface area contributed by atoms with Crippen molar-refractivity contribution in [1.29, 1.82) is 0 Å². The number of hydrogen-bond donors (Lipinski definition) is 4. The average Bonchev–Trinajstić information content (AvgIpc) is 1.56. The molecule has 8 saturated heterocycles. The highest BCUT2D eigenvalue weighted by Crippen LogP contribution is 2.47. The molecule has 0 amide bonds. The summed E-state index contributed by atoms with van der Waals surface area (Å²) in [6, 6.07) is 18.3. The second-order valence-corrected chi connectivity index (χ2v) is 35.2. The summed E-state index contributed by atoms with van der Waals surface area (Å²) in [5, 5.41) is 0. The van der Waals surface area contributed by atoms with Gasteiger partial charge in [-0.05, 0) is 140 Å². The molecule has 20 rings (SSSR count). The molecule has 0 aliphatic carbocycles. The van der Waals surface area contributed by atoms with Gasteiger partial charge in [0.05, 0.1) is 152 Å². The first kappa shape index (κ1) is 85.5. The third kappa shape index (κ3) is 14.9. The van der Waals surface area contributed by atoms with Gasteiger partial charge in [-0.15, -0.1) is 0 Å². The van der Waals surface area contributed by atoms with Crippen molar-refractivity contribution in [2.24, 2.45) is 92.8 Å². The molecule has 124 heavy (non-hydrogen) atoms. The summed E-state index contributed by atoms with van der Waals surface area (Å²) < 4.78 is 117. The summed E-state index contributed by atoms with van der Waals surface area (Å²) in [7, 11) is 8.22. The standard InChI is InChI=1S/C23H28FN5O3.2C22H25F2N5O2.C22H26FN5O2/c1-13-20(25)23(12-32-13)6-8-29(9-7-23)22-27-16-11-26-19(18(16)21(30)28(22)2)14-4-5-17(31-3)15(24)10-14;1-12-19(25)22(11-31-12)5-7-29(8-6-22)21-27-16-10-26-18(17(16)20(30)28(21)2)13-3-4-14(23)15(24)9-13;1-12-19(25)22(11-31-12)6-8-29(9-7-22)21-27-15-10-26-18(16(15)20(30)28(21)2)13-4-3-5-14(23)17(13)24;1-13-19(24)22(12-30-13)6-8-28(9-7-22)21-26-16-11-25-18(17(16)20(29)27(21)2)14-4-3-5-15(23)10-14/h4-5,10,13,20H,6-9,11-12,25H2,1-3H3;3-4,9,12,19H,5-8,10-11,25H2,1-2H3;3-5,12,19H,6-11,25H2,1-2H3;3-5,10,13,19H,6-9,11-12,24H2,1-2H3/t13-,20+;2*12-,19+;13-,19+/m0000/s1. The van der Waals surface area contributed by atoms with Crippen molar-refractivity contribution in [2.45, 2.75) is 154 Å². The predicted molar refractivity (Wildman–Crippen MR) is 456 cm³/mol. The van der Waals surface area contributed by atoms with Crippen LogP contribution in [0.4, 0.5) is 50.1 Å². The van der Waals surface area contributed by atoms with Gasteiger partial charge in [-0.3, -0.25) is 57.4 Å². The fourth-order valence-electron chi connectivity index (χ4n) is 20.2. The van der Waals surface area contributed by atoms with Crippen molar-refractivity contribution in [1.82, 2.24) is 38.2 Å². The third-order valence-corrected chi connectivity index (χ3v) is 28.3. The second-order valence-electron chi connectivity index (χ2n) is 35.2. The highest BCUT2D eigenvalue weighted by molar-refractivity contribution is 6.17. The lowest BCUT2D eigenvalue weighted by atomic mass is 9.73. The van der Waals surface area contributed by atoms with Crippen molar-refractivity contribution in [3.8, 4) is 5.75 Å². The lowest BCUT2D eigenvalue weighted by Gasteiger charge is -2.41. The molecule has 0 radical (unpaired) electrons. The number of fused-ring (bicyclic) bond motifs is 4. The maximum atomic E-state index is 14.3. The van der Waals surface area contributed by atoms with Gasteiger partial charge in [0.1, 0.15) is 5.82 Å². The molecule has 35 heteroatoms. The number of benzene rings is 4. The number of aliphatic imine (C=N–C) groups is 4. The lowest BCUT2D eigenvalue weighted by Crippen LogP contribution is -2.51. The minimum absolute atomic E-state index is 0.000228. The van der Waals surface area contributed by atoms with Gasteiger partial charge in [0.25, 0.3) is 22.2 Å². The number of hydrogen-bond acceptors (Lipinski definition) is 25. The summed E-state index contributed by atoms with van der Waals surface area (Å²) in [6.07, 6.45) is 7.37. The van der Waals surface area contributed by atoms with Gasteiger partial charge >= 0.3 is 0 Å². The molecule has 4 aromatic heterocycles. The SMILES string of the molecule is COc1ccc(C2=NCc3nc(N4CCC5(CC4)CO[C@@H](C)[C@H]5N)n(C)c(=O)c32)cc1F.C[C@@H]1OCC2(CCN(c3nc4c(c(=O)n3C)C(c3ccc(F)c(F)c3)=NC4)CC2)[C@@H]1N.C[C@@H]1OCC2(CCN(c3nc4c(c(=O)n3C)C(c3cccc(F)c3)=NC4)CC2)[C@@H]1N.C[C@@H]1OCC2(CCN(c3nc4c(c(=O)n3C)C(c3cccc(F)c3F)=NC4)CC2)[C@@H]1N. The average molecular weight is 1710 g/mol. The van der Waals surface area contributed by atoms with E-state index in [1.54, 1.807) is 61.6 Å². The van der Waals surface area contributed by atoms with Gasteiger partial charge in [0, 0.05) is 149 Å². The van der Waals surface area contributed by atoms with Crippen LogP contribution in [0.3, 0.4) is 0 Å². The molecule has 4 aromatic carbocycles. The Kier molecular flexibility index (Phi) is 23.0. The monoisotopic (exact) mass is 1710 g/mol. The Bertz CT molecular complexity index is 5940. The topological polar surface area (TPSA) is 352 Å². The summed E-state index contributed by atoms with van der Waals surface area (Å²) in [5.41, 5.74) is 31.6. The van der Waals surface area contributed by atoms with Crippen LogP contribution in [-0.2, 0) is 73.3 Å². The fourth-order valence-corrected chi connectivity index (χ4v) is 20.2. The van der Waals surface area contributed by atoms with Gasteiger partial charge in [-0.25, -0.2) is 46.3 Å². The quantitative estimate of drug-likeness (QED) is 0.109. The third-order valence-electron chi connectivity index (χ3n) is 28.3. The highest BCUT2D eigenvalue weighted by Gasteiger charge is 2.53. The molecule has 0 saturated carbocycles. The van der Waals surface area contributed by atoms with E-state index in [4.69, 9.17) is 66.6 Å². The van der Waals surface area contributed by atoms with Crippen LogP contribution >= 0.6 is 0 Å². The van der Waals surface area contributed by atoms with Crippen LogP contribution in [-0.4, -0.2) is 196 Å². The van der Waals surface area contributed by atoms with Crippen LogP contribution in [0.5, 0.6) is 5.75 Å². The first-order valence-corrected chi connectivity index (χ1v) is 42.4. The Morgan fingerprint density at radius 2 is 0.677 bits per heavy atom. The molecule has 8 atom stereocenters. The number of nitrogens with zero attached hydrogens (tertiary/aromatic N) is 16. The maximum absolute atomic E-state index is 14.3. The zero-order valence-corrected chi connectivity index (χ0v) is 71.0. The molecular weight excluding hydrogens is 1610 g/mol. The number of halogens is 6. The summed E-state index contributed by atoms with van der Waals surface area (Å²) in [4.78, 5) is 98.3. The van der Waals surface area contributed by atoms with Crippen molar-refractivity contribution < 1.29 is 50.0 Å². The van der Waals surface area contributed by atoms with E-state index in [2.05, 4.69) is 39.6 Å². The smallest absolute Gasteiger partial charge is 0.264 e. The van der Waals surface area contributed by atoms with E-state index in [0.29, 0.717) is 137 Å². The van der Waals surface area contributed by atoms with E-state index >= 15 is 0 Å². The molecule has 8 fully saturated rings. The molecule has 12 aliphatic heterocycles. The van der Waals surface area contributed by atoms with Crippen LogP contribution in [0.25, 0.3) is 0 Å². The number of anilines is 4. The molecule has 29 nitrogen and oxygen atoms in total. The molecular formula is C89H104F6N20O9. The first-order valence-electron chi connectivity index (χ1n) is 42.4. The fraction of sp³-hybridized carbons (Fsp3) is 0.506. The summed E-state index contributed by atoms with van der Waals surface area (Å²) in [6.45, 7) is 17.8. The Hall–Kier alpha value is -10.7. The van der Waals surface area contributed by atoms with Crippen LogP contribution in [0, 0.1) is 56.6 Å². The Morgan fingerprint density at radius 1 is 0.371 bits per heavy atom. The zero-order chi connectivity index (χ0) is 87.5. The number of methoxy groups -OCH3 is 1. The van der Waals surface area contributed by atoms with Crippen molar-refractivity contribution in [2.75, 3.05) is 105 Å². The normalized spacial score (nSPS) is 24.5. The molecule has 16 heterocycles. The minimum atomic E-state index is -1.01.